The summed E-state index contributed by atoms with van der Waals surface area (Å²) in [5, 5.41) is 28.9. The van der Waals surface area contributed by atoms with E-state index in [2.05, 4.69) is 37.0 Å². The van der Waals surface area contributed by atoms with Gasteiger partial charge in [0.25, 0.3) is 11.8 Å². The van der Waals surface area contributed by atoms with Crippen molar-refractivity contribution >= 4 is 29.1 Å². The van der Waals surface area contributed by atoms with Crippen molar-refractivity contribution in [2.45, 2.75) is 59.5 Å². The molecule has 12 heteroatoms. The Morgan fingerprint density at radius 2 is 1.90 bits per heavy atom. The van der Waals surface area contributed by atoms with Crippen molar-refractivity contribution in [3.8, 4) is 11.9 Å². The average Bonchev–Trinajstić information content (AvgIpc) is 3.52. The molecule has 11 nitrogen and oxygen atoms in total. The Bertz CT molecular complexity index is 1620. The fraction of sp³-hybridized carbons (Fsp3) is 0.321. The van der Waals surface area contributed by atoms with Crippen LogP contribution < -0.4 is 10.6 Å². The van der Waals surface area contributed by atoms with E-state index < -0.39 is 17.4 Å². The lowest BCUT2D eigenvalue weighted by Gasteiger charge is -2.22. The first-order valence-electron chi connectivity index (χ1n) is 12.6. The fourth-order valence-corrected chi connectivity index (χ4v) is 4.14. The van der Waals surface area contributed by atoms with Gasteiger partial charge in [-0.25, -0.2) is 9.67 Å². The van der Waals surface area contributed by atoms with Crippen LogP contribution in [0.2, 0.25) is 5.02 Å². The van der Waals surface area contributed by atoms with Gasteiger partial charge in [-0.2, -0.15) is 25.4 Å². The molecular formula is C28H30ClN9O2. The molecule has 0 aliphatic rings. The van der Waals surface area contributed by atoms with Crippen molar-refractivity contribution in [2.24, 2.45) is 0 Å². The van der Waals surface area contributed by atoms with Crippen molar-refractivity contribution in [2.75, 3.05) is 5.32 Å². The largest absolute Gasteiger partial charge is 0.347 e. The van der Waals surface area contributed by atoms with E-state index in [-0.39, 0.29) is 35.2 Å². The third-order valence-corrected chi connectivity index (χ3v) is 6.11. The molecular weight excluding hydrogens is 530 g/mol. The molecule has 4 aromatic rings. The Balaban J connectivity index is 1.76. The highest BCUT2D eigenvalue weighted by Crippen LogP contribution is 2.26. The second-order valence-electron chi connectivity index (χ2n) is 10.7. The van der Waals surface area contributed by atoms with Crippen molar-refractivity contribution < 1.29 is 9.59 Å². The summed E-state index contributed by atoms with van der Waals surface area (Å²) in [6, 6.07) is 10.1. The van der Waals surface area contributed by atoms with Gasteiger partial charge in [0, 0.05) is 11.7 Å². The summed E-state index contributed by atoms with van der Waals surface area (Å²) in [7, 11) is 0. The third-order valence-electron chi connectivity index (χ3n) is 5.82. The molecule has 40 heavy (non-hydrogen) atoms. The molecule has 0 radical (unpaired) electrons. The third kappa shape index (κ3) is 6.35. The maximum Gasteiger partial charge on any atom is 0.274 e. The number of hydrogen-bond acceptors (Lipinski definition) is 7. The van der Waals surface area contributed by atoms with Gasteiger partial charge in [0.1, 0.15) is 12.2 Å². The number of carbonyl (C=O) groups is 2. The number of nitrogens with zero attached hydrogens (tertiary/aromatic N) is 7. The van der Waals surface area contributed by atoms with E-state index in [1.807, 2.05) is 34.6 Å². The number of anilines is 1. The quantitative estimate of drug-likeness (QED) is 0.335. The number of rotatable bonds is 7. The highest BCUT2D eigenvalue weighted by Gasteiger charge is 2.25. The number of amides is 2. The molecule has 0 unspecified atom stereocenters. The maximum absolute atomic E-state index is 13.8. The Hall–Kier alpha value is -4.56. The number of nitrogens with one attached hydrogen (secondary N) is 2. The molecule has 2 amide bonds. The predicted octanol–water partition coefficient (Wildman–Crippen LogP) is 4.64. The molecule has 0 aliphatic heterocycles. The fourth-order valence-electron chi connectivity index (χ4n) is 3.94. The van der Waals surface area contributed by atoms with Crippen LogP contribution in [0.3, 0.4) is 0 Å². The first-order valence-corrected chi connectivity index (χ1v) is 13.0. The average molecular weight is 560 g/mol. The highest BCUT2D eigenvalue weighted by molar-refractivity contribution is 6.32. The second kappa shape index (κ2) is 11.3. The van der Waals surface area contributed by atoms with Crippen molar-refractivity contribution in [1.82, 2.24) is 35.1 Å². The van der Waals surface area contributed by atoms with Gasteiger partial charge in [-0.3, -0.25) is 9.59 Å². The molecule has 0 fully saturated rings. The molecule has 0 atom stereocenters. The monoisotopic (exact) mass is 559 g/mol. The van der Waals surface area contributed by atoms with E-state index in [9.17, 15) is 14.9 Å². The first kappa shape index (κ1) is 28.4. The van der Waals surface area contributed by atoms with Gasteiger partial charge in [-0.15, -0.1) is 0 Å². The zero-order chi connectivity index (χ0) is 29.2. The number of carbonyl (C=O) groups excluding carboxylic acids is 2. The van der Waals surface area contributed by atoms with E-state index in [0.29, 0.717) is 21.8 Å². The lowest BCUT2D eigenvalue weighted by atomic mass is 10.0. The Morgan fingerprint density at radius 1 is 1.15 bits per heavy atom. The lowest BCUT2D eigenvalue weighted by molar-refractivity contribution is 0.0920. The maximum atomic E-state index is 13.8. The number of benzene rings is 1. The Morgan fingerprint density at radius 3 is 2.52 bits per heavy atom. The van der Waals surface area contributed by atoms with E-state index in [1.54, 1.807) is 43.6 Å². The molecule has 2 N–H and O–H groups in total. The van der Waals surface area contributed by atoms with Crippen LogP contribution in [0.15, 0.2) is 42.7 Å². The van der Waals surface area contributed by atoms with Crippen LogP contribution in [0.25, 0.3) is 5.82 Å². The summed E-state index contributed by atoms with van der Waals surface area (Å²) < 4.78 is 1.35. The van der Waals surface area contributed by atoms with Gasteiger partial charge in [0.05, 0.1) is 45.5 Å². The van der Waals surface area contributed by atoms with E-state index in [1.165, 1.54) is 15.5 Å². The molecule has 4 rings (SSSR count). The number of pyridine rings is 1. The normalized spacial score (nSPS) is 11.4. The SMILES string of the molecule is Cc1cc(C#N)cc(C(=O)NC(C)(C)C)c1NC(=O)c1cc(Cn2ncc(C(C)C)n2)nn1-c1ncccc1Cl. The number of nitriles is 1. The number of hydrogen-bond donors (Lipinski definition) is 2. The summed E-state index contributed by atoms with van der Waals surface area (Å²) in [5.74, 6) is -0.496. The molecule has 0 aliphatic carbocycles. The molecule has 0 saturated carbocycles. The van der Waals surface area contributed by atoms with E-state index in [0.717, 1.165) is 5.69 Å². The standard InChI is InChI=1S/C28H30ClN9O2/c1-16(2)22-14-32-37(36-22)15-19-12-23(38(35-19)25-21(29)8-7-9-31-25)27(40)33-24-17(3)10-18(13-30)11-20(24)26(39)34-28(4,5)6/h7-12,14,16H,15H2,1-6H3,(H,33,40)(H,34,39). The molecule has 206 valence electrons. The van der Waals surface area contributed by atoms with Crippen LogP contribution >= 0.6 is 11.6 Å². The lowest BCUT2D eigenvalue weighted by Crippen LogP contribution is -2.41. The van der Waals surface area contributed by atoms with Gasteiger partial charge in [-0.1, -0.05) is 25.4 Å². The zero-order valence-corrected chi connectivity index (χ0v) is 23.9. The number of halogens is 1. The Labute approximate surface area is 237 Å². The zero-order valence-electron chi connectivity index (χ0n) is 23.2. The summed E-state index contributed by atoms with van der Waals surface area (Å²) in [6.07, 6.45) is 3.25. The number of aryl methyl sites for hydroxylation is 1. The van der Waals surface area contributed by atoms with Crippen molar-refractivity contribution in [3.63, 3.8) is 0 Å². The Kier molecular flexibility index (Phi) is 8.02. The summed E-state index contributed by atoms with van der Waals surface area (Å²) in [6.45, 7) is 11.5. The van der Waals surface area contributed by atoms with Crippen LogP contribution in [0, 0.1) is 18.3 Å². The molecule has 3 aromatic heterocycles. The smallest absolute Gasteiger partial charge is 0.274 e. The van der Waals surface area contributed by atoms with Gasteiger partial charge in [0.2, 0.25) is 0 Å². The van der Waals surface area contributed by atoms with E-state index in [4.69, 9.17) is 11.6 Å². The van der Waals surface area contributed by atoms with Crippen molar-refractivity contribution in [1.29, 1.82) is 5.26 Å². The highest BCUT2D eigenvalue weighted by atomic mass is 35.5. The first-order chi connectivity index (χ1) is 18.9. The molecule has 0 spiro atoms. The van der Waals surface area contributed by atoms with Gasteiger partial charge >= 0.3 is 0 Å². The summed E-state index contributed by atoms with van der Waals surface area (Å²) in [5.41, 5.74) is 2.24. The summed E-state index contributed by atoms with van der Waals surface area (Å²) >= 11 is 6.42. The van der Waals surface area contributed by atoms with Gasteiger partial charge in [-0.05, 0) is 69.5 Å². The minimum absolute atomic E-state index is 0.137. The molecule has 3 heterocycles. The topological polar surface area (TPSA) is 143 Å². The number of aromatic nitrogens is 6. The minimum atomic E-state index is -0.547. The van der Waals surface area contributed by atoms with Crippen LogP contribution in [-0.2, 0) is 6.54 Å². The van der Waals surface area contributed by atoms with Crippen LogP contribution in [0.1, 0.15) is 83.9 Å². The van der Waals surface area contributed by atoms with E-state index >= 15 is 0 Å². The van der Waals surface area contributed by atoms with Crippen LogP contribution in [-0.4, -0.2) is 47.1 Å². The van der Waals surface area contributed by atoms with Gasteiger partial charge < -0.3 is 10.6 Å². The summed E-state index contributed by atoms with van der Waals surface area (Å²) in [4.78, 5) is 32.8. The molecule has 1 aromatic carbocycles. The van der Waals surface area contributed by atoms with Gasteiger partial charge in [0.15, 0.2) is 5.82 Å². The predicted molar refractivity (Wildman–Crippen MR) is 151 cm³/mol. The minimum Gasteiger partial charge on any atom is -0.347 e. The molecule has 0 saturated heterocycles. The van der Waals surface area contributed by atoms with Crippen molar-refractivity contribution in [3.05, 3.63) is 81.5 Å². The van der Waals surface area contributed by atoms with Crippen LogP contribution in [0.4, 0.5) is 5.69 Å². The van der Waals surface area contributed by atoms with Crippen LogP contribution in [0.5, 0.6) is 0 Å². The second-order valence-corrected chi connectivity index (χ2v) is 11.1. The molecule has 0 bridgehead atoms.